The lowest BCUT2D eigenvalue weighted by atomic mass is 10.2. The van der Waals surface area contributed by atoms with Gasteiger partial charge in [-0.3, -0.25) is 9.59 Å². The van der Waals surface area contributed by atoms with Gasteiger partial charge >= 0.3 is 0 Å². The molecule has 0 bridgehead atoms. The minimum atomic E-state index is -0.809. The average Bonchev–Trinajstić information content (AvgIpc) is 3.07. The topological polar surface area (TPSA) is 91.2 Å². The summed E-state index contributed by atoms with van der Waals surface area (Å²) in [7, 11) is 1.62. The number of hydrogen-bond acceptors (Lipinski definition) is 6. The van der Waals surface area contributed by atoms with Crippen LogP contribution in [0.4, 0.5) is 5.69 Å². The number of carbonyl (C=O) groups excluding carboxylic acids is 2. The number of carbonyl (C=O) groups is 2. The number of anilines is 1. The number of fused-ring (bicyclic) bond motifs is 2. The van der Waals surface area contributed by atoms with Crippen LogP contribution >= 0.6 is 11.3 Å². The summed E-state index contributed by atoms with van der Waals surface area (Å²) < 4.78 is 19.4. The molecule has 1 aliphatic heterocycles. The van der Waals surface area contributed by atoms with Gasteiger partial charge in [-0.2, -0.15) is 4.99 Å². The highest BCUT2D eigenvalue weighted by atomic mass is 32.1. The molecule has 1 aliphatic rings. The quantitative estimate of drug-likeness (QED) is 0.676. The Morgan fingerprint density at radius 1 is 1.27 bits per heavy atom. The van der Waals surface area contributed by atoms with E-state index in [-0.39, 0.29) is 12.5 Å². The Labute approximate surface area is 176 Å². The predicted octanol–water partition coefficient (Wildman–Crippen LogP) is 2.57. The van der Waals surface area contributed by atoms with Gasteiger partial charge < -0.3 is 24.1 Å². The van der Waals surface area contributed by atoms with Crippen molar-refractivity contribution in [3.8, 4) is 11.5 Å². The summed E-state index contributed by atoms with van der Waals surface area (Å²) in [4.78, 5) is 29.0. The lowest BCUT2D eigenvalue weighted by Crippen LogP contribution is -2.37. The Hall–Kier alpha value is -3.17. The van der Waals surface area contributed by atoms with Crippen molar-refractivity contribution in [2.75, 3.05) is 25.6 Å². The molecular weight excluding hydrogens is 406 g/mol. The summed E-state index contributed by atoms with van der Waals surface area (Å²) >= 11 is 1.37. The third-order valence-electron chi connectivity index (χ3n) is 4.51. The normalized spacial score (nSPS) is 15.9. The van der Waals surface area contributed by atoms with Crippen molar-refractivity contribution < 1.29 is 23.8 Å². The molecule has 156 valence electrons. The fourth-order valence-corrected chi connectivity index (χ4v) is 4.25. The molecule has 0 radical (unpaired) electrons. The molecule has 0 aliphatic carbocycles. The number of amides is 2. The van der Waals surface area contributed by atoms with Gasteiger partial charge in [0.25, 0.3) is 5.91 Å². The third-order valence-corrected chi connectivity index (χ3v) is 5.55. The summed E-state index contributed by atoms with van der Waals surface area (Å²) in [5, 5.41) is 2.77. The summed E-state index contributed by atoms with van der Waals surface area (Å²) in [6.07, 6.45) is -0.809. The van der Waals surface area contributed by atoms with E-state index in [4.69, 9.17) is 14.2 Å². The molecule has 1 N–H and O–H groups in total. The van der Waals surface area contributed by atoms with Gasteiger partial charge in [-0.15, -0.1) is 0 Å². The second-order valence-corrected chi connectivity index (χ2v) is 7.72. The zero-order valence-corrected chi connectivity index (χ0v) is 17.4. The zero-order valence-electron chi connectivity index (χ0n) is 16.6. The Morgan fingerprint density at radius 3 is 2.83 bits per heavy atom. The number of para-hydroxylation sites is 2. The first kappa shape index (κ1) is 20.1. The van der Waals surface area contributed by atoms with E-state index in [0.717, 1.165) is 10.2 Å². The van der Waals surface area contributed by atoms with Crippen molar-refractivity contribution in [3.05, 3.63) is 47.3 Å². The molecule has 30 heavy (non-hydrogen) atoms. The average molecular weight is 427 g/mol. The smallest absolute Gasteiger partial charge is 0.292 e. The van der Waals surface area contributed by atoms with Gasteiger partial charge in [0.2, 0.25) is 12.0 Å². The van der Waals surface area contributed by atoms with E-state index in [1.54, 1.807) is 19.2 Å². The highest BCUT2D eigenvalue weighted by Crippen LogP contribution is 2.31. The van der Waals surface area contributed by atoms with Crippen LogP contribution in [0.1, 0.15) is 6.92 Å². The molecule has 4 rings (SSSR count). The van der Waals surface area contributed by atoms with Crippen LogP contribution in [0.3, 0.4) is 0 Å². The van der Waals surface area contributed by atoms with Crippen LogP contribution in [0.15, 0.2) is 47.5 Å². The van der Waals surface area contributed by atoms with E-state index in [1.807, 2.05) is 34.9 Å². The Bertz CT molecular complexity index is 1170. The van der Waals surface area contributed by atoms with Crippen molar-refractivity contribution >= 4 is 39.1 Å². The first-order valence-electron chi connectivity index (χ1n) is 9.42. The van der Waals surface area contributed by atoms with Crippen LogP contribution in [-0.4, -0.2) is 42.8 Å². The molecule has 0 saturated carbocycles. The number of hydrogen-bond donors (Lipinski definition) is 1. The minimum absolute atomic E-state index is 0.106. The maximum atomic E-state index is 12.8. The Kier molecular flexibility index (Phi) is 5.82. The van der Waals surface area contributed by atoms with Gasteiger partial charge in [0.15, 0.2) is 16.3 Å². The first-order valence-corrected chi connectivity index (χ1v) is 10.2. The number of ether oxygens (including phenoxy) is 3. The molecule has 2 amide bonds. The molecule has 1 atom stereocenters. The molecule has 1 aromatic heterocycles. The van der Waals surface area contributed by atoms with Gasteiger partial charge in [-0.05, 0) is 30.3 Å². The summed E-state index contributed by atoms with van der Waals surface area (Å²) in [6, 6.07) is 12.8. The van der Waals surface area contributed by atoms with Gasteiger partial charge in [0.05, 0.1) is 16.8 Å². The van der Waals surface area contributed by atoms with Gasteiger partial charge in [-0.1, -0.05) is 23.5 Å². The van der Waals surface area contributed by atoms with E-state index in [0.29, 0.717) is 35.1 Å². The molecule has 0 unspecified atom stereocenters. The zero-order chi connectivity index (χ0) is 21.1. The summed E-state index contributed by atoms with van der Waals surface area (Å²) in [5.74, 6) is 0.585. The van der Waals surface area contributed by atoms with E-state index < -0.39 is 12.0 Å². The van der Waals surface area contributed by atoms with Crippen molar-refractivity contribution in [2.24, 2.45) is 4.99 Å². The third kappa shape index (κ3) is 4.22. The Morgan fingerprint density at radius 2 is 2.07 bits per heavy atom. The fourth-order valence-electron chi connectivity index (χ4n) is 3.15. The van der Waals surface area contributed by atoms with Crippen LogP contribution in [-0.2, 0) is 20.9 Å². The van der Waals surface area contributed by atoms with Gasteiger partial charge in [-0.25, -0.2) is 0 Å². The Balaban J connectivity index is 1.68. The molecule has 2 heterocycles. The summed E-state index contributed by atoms with van der Waals surface area (Å²) in [6.45, 7) is 2.57. The lowest BCUT2D eigenvalue weighted by Gasteiger charge is -2.23. The molecule has 0 saturated heterocycles. The van der Waals surface area contributed by atoms with Crippen molar-refractivity contribution in [2.45, 2.75) is 19.6 Å². The maximum Gasteiger partial charge on any atom is 0.292 e. The second-order valence-electron chi connectivity index (χ2n) is 6.71. The number of aromatic nitrogens is 1. The number of rotatable bonds is 5. The highest BCUT2D eigenvalue weighted by molar-refractivity contribution is 7.16. The molecule has 3 aromatic rings. The minimum Gasteiger partial charge on any atom is -0.485 e. The molecular formula is C21H21N3O5S. The number of benzene rings is 2. The predicted molar refractivity (Wildman–Crippen MR) is 113 cm³/mol. The van der Waals surface area contributed by atoms with Crippen LogP contribution in [0.5, 0.6) is 11.5 Å². The van der Waals surface area contributed by atoms with Crippen molar-refractivity contribution in [1.29, 1.82) is 0 Å². The fraction of sp³-hybridized carbons (Fsp3) is 0.286. The standard InChI is InChI=1S/C21H21N3O5S/c1-13(25)22-14-7-8-15-19(11-14)30-21(24(15)9-10-27-2)23-20(26)18-12-28-16-5-3-4-6-17(16)29-18/h3-8,11,18H,9-10,12H2,1-2H3,(H,22,25)/t18-/m0/s1. The molecule has 0 spiro atoms. The lowest BCUT2D eigenvalue weighted by molar-refractivity contribution is -0.127. The van der Waals surface area contributed by atoms with Gasteiger partial charge in [0.1, 0.15) is 6.61 Å². The van der Waals surface area contributed by atoms with Gasteiger partial charge in [0, 0.05) is 26.3 Å². The van der Waals surface area contributed by atoms with E-state index in [9.17, 15) is 9.59 Å². The second kappa shape index (κ2) is 8.68. The van der Waals surface area contributed by atoms with Crippen LogP contribution in [0.2, 0.25) is 0 Å². The van der Waals surface area contributed by atoms with Crippen LogP contribution in [0.25, 0.3) is 10.2 Å². The van der Waals surface area contributed by atoms with Crippen LogP contribution < -0.4 is 19.6 Å². The first-order chi connectivity index (χ1) is 14.5. The SMILES string of the molecule is COCCn1c(=NC(=O)[C@@H]2COc3ccccc3O2)sc2cc(NC(C)=O)ccc21. The van der Waals surface area contributed by atoms with E-state index >= 15 is 0 Å². The maximum absolute atomic E-state index is 12.8. The van der Waals surface area contributed by atoms with Crippen molar-refractivity contribution in [1.82, 2.24) is 4.57 Å². The number of nitrogens with zero attached hydrogens (tertiary/aromatic N) is 2. The molecule has 0 fully saturated rings. The molecule has 8 nitrogen and oxygen atoms in total. The van der Waals surface area contributed by atoms with Crippen molar-refractivity contribution in [3.63, 3.8) is 0 Å². The summed E-state index contributed by atoms with van der Waals surface area (Å²) in [5.41, 5.74) is 1.59. The highest BCUT2D eigenvalue weighted by Gasteiger charge is 2.27. The number of methoxy groups -OCH3 is 1. The number of nitrogens with one attached hydrogen (secondary N) is 1. The number of thiazole rings is 1. The van der Waals surface area contributed by atoms with E-state index in [2.05, 4.69) is 10.3 Å². The largest absolute Gasteiger partial charge is 0.485 e. The van der Waals surface area contributed by atoms with Crippen LogP contribution in [0, 0.1) is 0 Å². The molecule has 9 heteroatoms. The van der Waals surface area contributed by atoms with E-state index in [1.165, 1.54) is 18.3 Å². The molecule has 2 aromatic carbocycles. The monoisotopic (exact) mass is 427 g/mol.